The van der Waals surface area contributed by atoms with Crippen molar-refractivity contribution in [3.05, 3.63) is 21.3 Å². The van der Waals surface area contributed by atoms with E-state index in [2.05, 4.69) is 34.4 Å². The molecule has 0 spiro atoms. The van der Waals surface area contributed by atoms with Gasteiger partial charge in [-0.1, -0.05) is 19.8 Å². The van der Waals surface area contributed by atoms with Crippen LogP contribution < -0.4 is 9.64 Å². The summed E-state index contributed by atoms with van der Waals surface area (Å²) in [6.45, 7) is 4.78. The second kappa shape index (κ2) is 7.15. The van der Waals surface area contributed by atoms with Crippen LogP contribution in [0.4, 0.5) is 5.69 Å². The average Bonchev–Trinajstić information content (AvgIpc) is 2.47. The summed E-state index contributed by atoms with van der Waals surface area (Å²) >= 11 is 2.21. The molecule has 0 aromatic heterocycles. The number of halogens is 1. The second-order valence-electron chi connectivity index (χ2n) is 4.84. The summed E-state index contributed by atoms with van der Waals surface area (Å²) in [6, 6.07) is 3.70. The summed E-state index contributed by atoms with van der Waals surface area (Å²) in [7, 11) is 1.41. The first-order valence-corrected chi connectivity index (χ1v) is 8.04. The number of benzene rings is 1. The minimum atomic E-state index is -0.301. The van der Waals surface area contributed by atoms with Crippen LogP contribution in [-0.4, -0.2) is 32.8 Å². The minimum Gasteiger partial charge on any atom is -0.488 e. The Morgan fingerprint density at radius 3 is 2.95 bits per heavy atom. The van der Waals surface area contributed by atoms with Crippen molar-refractivity contribution < 1.29 is 14.3 Å². The molecular weight excluding hydrogens is 369 g/mol. The second-order valence-corrected chi connectivity index (χ2v) is 6.00. The molecule has 2 rings (SSSR count). The molecule has 0 amide bonds. The van der Waals surface area contributed by atoms with E-state index >= 15 is 0 Å². The van der Waals surface area contributed by atoms with E-state index in [9.17, 15) is 4.79 Å². The molecule has 4 nitrogen and oxygen atoms in total. The molecule has 1 aromatic carbocycles. The lowest BCUT2D eigenvalue weighted by Crippen LogP contribution is -2.34. The molecule has 0 atom stereocenters. The lowest BCUT2D eigenvalue weighted by molar-refractivity contribution is 0.0600. The molecule has 1 aliphatic heterocycles. The van der Waals surface area contributed by atoms with Gasteiger partial charge in [0.1, 0.15) is 6.61 Å². The molecule has 0 N–H and O–H groups in total. The third-order valence-corrected chi connectivity index (χ3v) is 4.23. The third kappa shape index (κ3) is 3.37. The van der Waals surface area contributed by atoms with Crippen LogP contribution in [0.25, 0.3) is 0 Å². The van der Waals surface area contributed by atoms with Crippen LogP contribution in [0, 0.1) is 3.57 Å². The molecule has 5 heteroatoms. The first-order valence-electron chi connectivity index (χ1n) is 6.97. The summed E-state index contributed by atoms with van der Waals surface area (Å²) < 4.78 is 11.5. The number of carbonyl (C=O) groups is 1. The largest absolute Gasteiger partial charge is 0.488 e. The van der Waals surface area contributed by atoms with Gasteiger partial charge in [-0.3, -0.25) is 0 Å². The van der Waals surface area contributed by atoms with Crippen molar-refractivity contribution in [1.29, 1.82) is 0 Å². The predicted molar refractivity (Wildman–Crippen MR) is 87.7 cm³/mol. The average molecular weight is 389 g/mol. The van der Waals surface area contributed by atoms with Gasteiger partial charge in [0.2, 0.25) is 0 Å². The summed E-state index contributed by atoms with van der Waals surface area (Å²) in [6.07, 6.45) is 3.59. The van der Waals surface area contributed by atoms with Crippen LogP contribution in [-0.2, 0) is 4.74 Å². The van der Waals surface area contributed by atoms with Gasteiger partial charge in [0.25, 0.3) is 0 Å². The molecule has 0 radical (unpaired) electrons. The smallest absolute Gasteiger partial charge is 0.337 e. The van der Waals surface area contributed by atoms with Gasteiger partial charge in [0.05, 0.1) is 28.5 Å². The van der Waals surface area contributed by atoms with Gasteiger partial charge in [-0.2, -0.15) is 0 Å². The first-order chi connectivity index (χ1) is 9.67. The summed E-state index contributed by atoms with van der Waals surface area (Å²) in [5, 5.41) is 0. The minimum absolute atomic E-state index is 0.301. The number of ether oxygens (including phenoxy) is 2. The predicted octanol–water partition coefficient (Wildman–Crippen LogP) is 3.47. The van der Waals surface area contributed by atoms with E-state index in [1.165, 1.54) is 20.0 Å². The number of fused-ring (bicyclic) bond motifs is 1. The molecule has 110 valence electrons. The van der Waals surface area contributed by atoms with Gasteiger partial charge in [0.15, 0.2) is 5.75 Å². The van der Waals surface area contributed by atoms with Crippen LogP contribution in [0.2, 0.25) is 0 Å². The maximum atomic E-state index is 11.7. The van der Waals surface area contributed by atoms with Gasteiger partial charge in [0, 0.05) is 6.54 Å². The van der Waals surface area contributed by atoms with E-state index in [-0.39, 0.29) is 5.97 Å². The third-order valence-electron chi connectivity index (χ3n) is 3.42. The quantitative estimate of drug-likeness (QED) is 0.439. The van der Waals surface area contributed by atoms with Crippen molar-refractivity contribution in [3.63, 3.8) is 0 Å². The SMILES string of the molecule is CCCCCN1CCOc2c(I)cc(C(=O)OC)cc21. The summed E-state index contributed by atoms with van der Waals surface area (Å²) in [4.78, 5) is 14.0. The van der Waals surface area contributed by atoms with E-state index in [0.717, 1.165) is 34.5 Å². The number of methoxy groups -OCH3 is 1. The van der Waals surface area contributed by atoms with Crippen LogP contribution in [0.3, 0.4) is 0 Å². The maximum absolute atomic E-state index is 11.7. The number of unbranched alkanes of at least 4 members (excludes halogenated alkanes) is 2. The molecule has 0 saturated carbocycles. The van der Waals surface area contributed by atoms with Crippen LogP contribution >= 0.6 is 22.6 Å². The number of hydrogen-bond donors (Lipinski definition) is 0. The Labute approximate surface area is 133 Å². The van der Waals surface area contributed by atoms with Crippen molar-refractivity contribution in [3.8, 4) is 5.75 Å². The Morgan fingerprint density at radius 2 is 2.25 bits per heavy atom. The Morgan fingerprint density at radius 1 is 1.45 bits per heavy atom. The maximum Gasteiger partial charge on any atom is 0.337 e. The number of esters is 1. The number of carbonyl (C=O) groups excluding carboxylic acids is 1. The fourth-order valence-electron chi connectivity index (χ4n) is 2.36. The lowest BCUT2D eigenvalue weighted by Gasteiger charge is -2.32. The highest BCUT2D eigenvalue weighted by Crippen LogP contribution is 2.37. The van der Waals surface area contributed by atoms with Crippen molar-refractivity contribution in [2.24, 2.45) is 0 Å². The number of hydrogen-bond acceptors (Lipinski definition) is 4. The van der Waals surface area contributed by atoms with Crippen LogP contribution in [0.15, 0.2) is 12.1 Å². The highest BCUT2D eigenvalue weighted by atomic mass is 127. The Balaban J connectivity index is 2.28. The van der Waals surface area contributed by atoms with Crippen molar-refractivity contribution in [2.75, 3.05) is 31.7 Å². The molecule has 0 unspecified atom stereocenters. The van der Waals surface area contributed by atoms with E-state index in [0.29, 0.717) is 12.2 Å². The lowest BCUT2D eigenvalue weighted by atomic mass is 10.1. The standard InChI is InChI=1S/C15H20INO3/c1-3-4-5-6-17-7-8-20-14-12(16)9-11(10-13(14)17)15(18)19-2/h9-10H,3-8H2,1-2H3. The molecule has 1 aliphatic rings. The van der Waals surface area contributed by atoms with Crippen molar-refractivity contribution >= 4 is 34.2 Å². The Kier molecular flexibility index (Phi) is 5.51. The zero-order valence-corrected chi connectivity index (χ0v) is 14.1. The Hall–Kier alpha value is -0.980. The highest BCUT2D eigenvalue weighted by molar-refractivity contribution is 14.1. The molecule has 1 heterocycles. The molecule has 1 aromatic rings. The zero-order chi connectivity index (χ0) is 14.5. The first kappa shape index (κ1) is 15.4. The summed E-state index contributed by atoms with van der Waals surface area (Å²) in [5.41, 5.74) is 1.60. The summed E-state index contributed by atoms with van der Waals surface area (Å²) in [5.74, 6) is 0.589. The van der Waals surface area contributed by atoms with E-state index in [1.807, 2.05) is 12.1 Å². The molecule has 0 bridgehead atoms. The molecular formula is C15H20INO3. The molecule has 0 saturated heterocycles. The number of anilines is 1. The van der Waals surface area contributed by atoms with Gasteiger partial charge in [-0.05, 0) is 41.1 Å². The zero-order valence-electron chi connectivity index (χ0n) is 11.9. The number of rotatable bonds is 5. The van der Waals surface area contributed by atoms with Crippen LogP contribution in [0.5, 0.6) is 5.75 Å². The Bertz CT molecular complexity index is 490. The van der Waals surface area contributed by atoms with Crippen molar-refractivity contribution in [1.82, 2.24) is 0 Å². The van der Waals surface area contributed by atoms with Crippen molar-refractivity contribution in [2.45, 2.75) is 26.2 Å². The molecule has 0 fully saturated rings. The topological polar surface area (TPSA) is 38.8 Å². The van der Waals surface area contributed by atoms with Crippen LogP contribution in [0.1, 0.15) is 36.5 Å². The van der Waals surface area contributed by atoms with Gasteiger partial charge < -0.3 is 14.4 Å². The van der Waals surface area contributed by atoms with Gasteiger partial charge in [-0.25, -0.2) is 4.79 Å². The highest BCUT2D eigenvalue weighted by Gasteiger charge is 2.22. The fraction of sp³-hybridized carbons (Fsp3) is 0.533. The van der Waals surface area contributed by atoms with Gasteiger partial charge in [-0.15, -0.1) is 0 Å². The normalized spacial score (nSPS) is 13.7. The number of nitrogens with zero attached hydrogens (tertiary/aromatic N) is 1. The van der Waals surface area contributed by atoms with E-state index in [1.54, 1.807) is 0 Å². The fourth-order valence-corrected chi connectivity index (χ4v) is 3.12. The van der Waals surface area contributed by atoms with E-state index in [4.69, 9.17) is 9.47 Å². The molecule has 0 aliphatic carbocycles. The van der Waals surface area contributed by atoms with Gasteiger partial charge >= 0.3 is 5.97 Å². The molecule has 20 heavy (non-hydrogen) atoms. The monoisotopic (exact) mass is 389 g/mol. The van der Waals surface area contributed by atoms with E-state index < -0.39 is 0 Å².